The van der Waals surface area contributed by atoms with Crippen molar-refractivity contribution in [1.82, 2.24) is 15.8 Å². The number of hydrazine groups is 1. The molecule has 1 aliphatic heterocycles. The standard InChI is InChI=1S/C12H15N3O4S/c16-11(7-9-4-6-20(18,19)8-9)14-15-12(17)10-3-1-2-5-13-10/h1-3,5,9H,4,6-8H2,(H,14,16)(H,15,17)/t9-/m1/s1. The molecule has 1 fully saturated rings. The Kier molecular flexibility index (Phi) is 4.33. The highest BCUT2D eigenvalue weighted by atomic mass is 32.2. The molecule has 0 radical (unpaired) electrons. The van der Waals surface area contributed by atoms with Crippen LogP contribution in [0.25, 0.3) is 0 Å². The second kappa shape index (κ2) is 6.00. The topological polar surface area (TPSA) is 105 Å². The molecular weight excluding hydrogens is 282 g/mol. The molecule has 0 aromatic carbocycles. The quantitative estimate of drug-likeness (QED) is 0.743. The molecule has 7 nitrogen and oxygen atoms in total. The Morgan fingerprint density at radius 1 is 1.30 bits per heavy atom. The van der Waals surface area contributed by atoms with Crippen LogP contribution >= 0.6 is 0 Å². The largest absolute Gasteiger partial charge is 0.288 e. The lowest BCUT2D eigenvalue weighted by molar-refractivity contribution is -0.122. The number of sulfone groups is 1. The molecule has 2 rings (SSSR count). The molecule has 1 aromatic rings. The minimum atomic E-state index is -2.99. The number of aromatic nitrogens is 1. The lowest BCUT2D eigenvalue weighted by Crippen LogP contribution is -2.42. The third kappa shape index (κ3) is 4.02. The van der Waals surface area contributed by atoms with Gasteiger partial charge in [-0.25, -0.2) is 8.42 Å². The van der Waals surface area contributed by atoms with Crippen LogP contribution in [0.15, 0.2) is 24.4 Å². The van der Waals surface area contributed by atoms with E-state index in [-0.39, 0.29) is 29.5 Å². The number of hydrogen-bond acceptors (Lipinski definition) is 5. The van der Waals surface area contributed by atoms with Crippen LogP contribution in [0.1, 0.15) is 23.3 Å². The van der Waals surface area contributed by atoms with E-state index in [2.05, 4.69) is 15.8 Å². The summed E-state index contributed by atoms with van der Waals surface area (Å²) in [6.45, 7) is 0. The number of hydrogen-bond donors (Lipinski definition) is 2. The van der Waals surface area contributed by atoms with E-state index >= 15 is 0 Å². The van der Waals surface area contributed by atoms with E-state index in [4.69, 9.17) is 0 Å². The smallest absolute Gasteiger partial charge is 0.273 e. The monoisotopic (exact) mass is 297 g/mol. The maximum atomic E-state index is 11.6. The van der Waals surface area contributed by atoms with E-state index in [0.717, 1.165) is 0 Å². The highest BCUT2D eigenvalue weighted by Gasteiger charge is 2.29. The molecule has 20 heavy (non-hydrogen) atoms. The van der Waals surface area contributed by atoms with Gasteiger partial charge in [-0.2, -0.15) is 0 Å². The molecule has 8 heteroatoms. The van der Waals surface area contributed by atoms with Crippen molar-refractivity contribution in [1.29, 1.82) is 0 Å². The van der Waals surface area contributed by atoms with Crippen molar-refractivity contribution in [2.75, 3.05) is 11.5 Å². The van der Waals surface area contributed by atoms with Gasteiger partial charge >= 0.3 is 0 Å². The highest BCUT2D eigenvalue weighted by molar-refractivity contribution is 7.91. The Labute approximate surface area is 116 Å². The fourth-order valence-corrected chi connectivity index (χ4v) is 3.90. The minimum absolute atomic E-state index is 0.0363. The van der Waals surface area contributed by atoms with Crippen molar-refractivity contribution in [3.8, 4) is 0 Å². The van der Waals surface area contributed by atoms with Crippen LogP contribution in [-0.4, -0.2) is 36.7 Å². The number of nitrogens with zero attached hydrogens (tertiary/aromatic N) is 1. The van der Waals surface area contributed by atoms with Crippen LogP contribution in [0.4, 0.5) is 0 Å². The summed E-state index contributed by atoms with van der Waals surface area (Å²) in [6, 6.07) is 4.86. The van der Waals surface area contributed by atoms with Crippen LogP contribution in [0.5, 0.6) is 0 Å². The molecular formula is C12H15N3O4S. The fourth-order valence-electron chi connectivity index (χ4n) is 2.03. The average molecular weight is 297 g/mol. The van der Waals surface area contributed by atoms with Crippen molar-refractivity contribution in [2.45, 2.75) is 12.8 Å². The predicted molar refractivity (Wildman–Crippen MR) is 71.2 cm³/mol. The van der Waals surface area contributed by atoms with E-state index in [1.54, 1.807) is 12.1 Å². The molecule has 0 spiro atoms. The molecule has 1 atom stereocenters. The first-order valence-electron chi connectivity index (χ1n) is 6.17. The van der Waals surface area contributed by atoms with Gasteiger partial charge in [-0.1, -0.05) is 6.07 Å². The summed E-state index contributed by atoms with van der Waals surface area (Å²) < 4.78 is 22.5. The van der Waals surface area contributed by atoms with Crippen LogP contribution in [0, 0.1) is 5.92 Å². The zero-order chi connectivity index (χ0) is 14.6. The van der Waals surface area contributed by atoms with Gasteiger partial charge in [-0.3, -0.25) is 25.4 Å². The molecule has 108 valence electrons. The van der Waals surface area contributed by atoms with E-state index in [9.17, 15) is 18.0 Å². The molecule has 0 unspecified atom stereocenters. The van der Waals surface area contributed by atoms with E-state index in [1.165, 1.54) is 12.3 Å². The fraction of sp³-hybridized carbons (Fsp3) is 0.417. The molecule has 0 aliphatic carbocycles. The SMILES string of the molecule is O=C(C[C@H]1CCS(=O)(=O)C1)NNC(=O)c1ccccn1. The van der Waals surface area contributed by atoms with Crippen LogP contribution in [-0.2, 0) is 14.6 Å². The molecule has 2 heterocycles. The molecule has 1 aliphatic rings. The summed E-state index contributed by atoms with van der Waals surface area (Å²) in [7, 11) is -2.99. The lowest BCUT2D eigenvalue weighted by Gasteiger charge is -2.09. The van der Waals surface area contributed by atoms with Gasteiger partial charge in [0.2, 0.25) is 5.91 Å². The van der Waals surface area contributed by atoms with Crippen molar-refractivity contribution >= 4 is 21.7 Å². The molecule has 1 aromatic heterocycles. The first-order valence-corrected chi connectivity index (χ1v) is 7.99. The number of carbonyl (C=O) groups is 2. The summed E-state index contributed by atoms with van der Waals surface area (Å²) >= 11 is 0. The second-order valence-electron chi connectivity index (χ2n) is 4.69. The summed E-state index contributed by atoms with van der Waals surface area (Å²) in [4.78, 5) is 27.0. The summed E-state index contributed by atoms with van der Waals surface area (Å²) in [5.41, 5.74) is 4.70. The Hall–Kier alpha value is -1.96. The maximum Gasteiger partial charge on any atom is 0.288 e. The summed E-state index contributed by atoms with van der Waals surface area (Å²) in [6.07, 6.45) is 2.05. The van der Waals surface area contributed by atoms with E-state index in [1.807, 2.05) is 0 Å². The van der Waals surface area contributed by atoms with Crippen molar-refractivity contribution in [3.05, 3.63) is 30.1 Å². The first kappa shape index (κ1) is 14.4. The molecule has 0 saturated carbocycles. The first-order chi connectivity index (χ1) is 9.46. The average Bonchev–Trinajstić information content (AvgIpc) is 2.76. The van der Waals surface area contributed by atoms with Gasteiger partial charge in [-0.15, -0.1) is 0 Å². The number of nitrogens with one attached hydrogen (secondary N) is 2. The number of pyridine rings is 1. The van der Waals surface area contributed by atoms with Gasteiger partial charge in [0.15, 0.2) is 9.84 Å². The minimum Gasteiger partial charge on any atom is -0.273 e. The van der Waals surface area contributed by atoms with Gasteiger partial charge < -0.3 is 0 Å². The summed E-state index contributed by atoms with van der Waals surface area (Å²) in [5.74, 6) is -0.930. The third-order valence-electron chi connectivity index (χ3n) is 3.01. The van der Waals surface area contributed by atoms with Crippen LogP contribution < -0.4 is 10.9 Å². The third-order valence-corrected chi connectivity index (χ3v) is 4.85. The Balaban J connectivity index is 1.77. The Morgan fingerprint density at radius 3 is 2.70 bits per heavy atom. The van der Waals surface area contributed by atoms with Gasteiger partial charge in [0, 0.05) is 12.6 Å². The van der Waals surface area contributed by atoms with E-state index in [0.29, 0.717) is 6.42 Å². The van der Waals surface area contributed by atoms with Gasteiger partial charge in [0.25, 0.3) is 5.91 Å². The predicted octanol–water partition coefficient (Wildman–Crippen LogP) is -0.333. The van der Waals surface area contributed by atoms with E-state index < -0.39 is 21.7 Å². The molecule has 2 amide bonds. The van der Waals surface area contributed by atoms with Crippen molar-refractivity contribution in [2.24, 2.45) is 5.92 Å². The van der Waals surface area contributed by atoms with Gasteiger partial charge in [0.05, 0.1) is 11.5 Å². The number of carbonyl (C=O) groups excluding carboxylic acids is 2. The Bertz CT molecular complexity index is 600. The lowest BCUT2D eigenvalue weighted by atomic mass is 10.1. The van der Waals surface area contributed by atoms with Gasteiger partial charge in [-0.05, 0) is 24.5 Å². The highest BCUT2D eigenvalue weighted by Crippen LogP contribution is 2.21. The van der Waals surface area contributed by atoms with Gasteiger partial charge in [0.1, 0.15) is 5.69 Å². The second-order valence-corrected chi connectivity index (χ2v) is 6.92. The maximum absolute atomic E-state index is 11.6. The van der Waals surface area contributed by atoms with Crippen LogP contribution in [0.2, 0.25) is 0 Å². The zero-order valence-corrected chi connectivity index (χ0v) is 11.5. The number of rotatable bonds is 3. The van der Waals surface area contributed by atoms with Crippen molar-refractivity contribution in [3.63, 3.8) is 0 Å². The molecule has 0 bridgehead atoms. The van der Waals surface area contributed by atoms with Crippen molar-refractivity contribution < 1.29 is 18.0 Å². The number of amides is 2. The molecule has 1 saturated heterocycles. The van der Waals surface area contributed by atoms with Crippen LogP contribution in [0.3, 0.4) is 0 Å². The Morgan fingerprint density at radius 2 is 2.10 bits per heavy atom. The normalized spacial score (nSPS) is 20.3. The summed E-state index contributed by atoms with van der Waals surface area (Å²) in [5, 5.41) is 0. The zero-order valence-electron chi connectivity index (χ0n) is 10.7. The molecule has 2 N–H and O–H groups in total.